The Kier molecular flexibility index (Phi) is 7.00. The van der Waals surface area contributed by atoms with E-state index in [9.17, 15) is 9.59 Å². The maximum Gasteiger partial charge on any atom is 0.277 e. The second-order valence-corrected chi connectivity index (χ2v) is 6.20. The quantitative estimate of drug-likeness (QED) is 0.577. The molecule has 0 saturated carbocycles. The predicted molar refractivity (Wildman–Crippen MR) is 103 cm³/mol. The van der Waals surface area contributed by atoms with Crippen LogP contribution in [0.25, 0.3) is 0 Å². The molecule has 0 atom stereocenters. The standard InChI is InChI=1S/C18H17Cl2N3O3/c1-11(13-4-3-5-15(8-13)21-12(2)24)22-23-18(25)10-26-17-9-14(19)6-7-16(17)20/h3-9H,10H2,1-2H3,(H,21,24)(H,23,25)/b22-11+. The third-order valence-electron chi connectivity index (χ3n) is 3.20. The normalized spacial score (nSPS) is 11.0. The van der Waals surface area contributed by atoms with Crippen LogP contribution in [0.15, 0.2) is 47.6 Å². The van der Waals surface area contributed by atoms with Gasteiger partial charge in [-0.3, -0.25) is 9.59 Å². The number of nitrogens with one attached hydrogen (secondary N) is 2. The smallest absolute Gasteiger partial charge is 0.277 e. The number of carbonyl (C=O) groups excluding carboxylic acids is 2. The number of anilines is 1. The first-order valence-electron chi connectivity index (χ1n) is 7.64. The van der Waals surface area contributed by atoms with E-state index in [1.54, 1.807) is 37.3 Å². The minimum absolute atomic E-state index is 0.165. The Bertz CT molecular complexity index is 853. The van der Waals surface area contributed by atoms with Crippen molar-refractivity contribution in [3.8, 4) is 5.75 Å². The van der Waals surface area contributed by atoms with Gasteiger partial charge in [-0.1, -0.05) is 35.3 Å². The predicted octanol–water partition coefficient (Wildman–Crippen LogP) is 3.87. The Morgan fingerprint density at radius 1 is 1.12 bits per heavy atom. The molecule has 6 nitrogen and oxygen atoms in total. The highest BCUT2D eigenvalue weighted by Crippen LogP contribution is 2.27. The summed E-state index contributed by atoms with van der Waals surface area (Å²) in [5.74, 6) is -0.293. The summed E-state index contributed by atoms with van der Waals surface area (Å²) in [5, 5.41) is 7.54. The molecule has 2 N–H and O–H groups in total. The van der Waals surface area contributed by atoms with E-state index >= 15 is 0 Å². The van der Waals surface area contributed by atoms with E-state index in [1.165, 1.54) is 13.0 Å². The summed E-state index contributed by atoms with van der Waals surface area (Å²) in [6.07, 6.45) is 0. The zero-order chi connectivity index (χ0) is 19.1. The molecule has 0 aliphatic rings. The number of benzene rings is 2. The lowest BCUT2D eigenvalue weighted by Crippen LogP contribution is -2.25. The van der Waals surface area contributed by atoms with Crippen LogP contribution in [0.1, 0.15) is 19.4 Å². The van der Waals surface area contributed by atoms with Gasteiger partial charge in [0.15, 0.2) is 6.61 Å². The molecular formula is C18H17Cl2N3O3. The fraction of sp³-hybridized carbons (Fsp3) is 0.167. The summed E-state index contributed by atoms with van der Waals surface area (Å²) in [7, 11) is 0. The van der Waals surface area contributed by atoms with Crippen LogP contribution in [0.5, 0.6) is 5.75 Å². The summed E-state index contributed by atoms with van der Waals surface area (Å²) in [5.41, 5.74) is 4.39. The summed E-state index contributed by atoms with van der Waals surface area (Å²) >= 11 is 11.8. The lowest BCUT2D eigenvalue weighted by Gasteiger charge is -2.08. The van der Waals surface area contributed by atoms with Gasteiger partial charge in [0, 0.05) is 23.7 Å². The average molecular weight is 394 g/mol. The minimum atomic E-state index is -0.446. The molecule has 0 unspecified atom stereocenters. The molecule has 8 heteroatoms. The topological polar surface area (TPSA) is 79.8 Å². The van der Waals surface area contributed by atoms with Crippen molar-refractivity contribution in [3.63, 3.8) is 0 Å². The Balaban J connectivity index is 1.94. The first-order chi connectivity index (χ1) is 12.3. The summed E-state index contributed by atoms with van der Waals surface area (Å²) in [4.78, 5) is 23.0. The summed E-state index contributed by atoms with van der Waals surface area (Å²) < 4.78 is 5.34. The number of hydrogen-bond donors (Lipinski definition) is 2. The molecule has 2 rings (SSSR count). The Labute approximate surface area is 161 Å². The van der Waals surface area contributed by atoms with Crippen LogP contribution in [-0.4, -0.2) is 24.1 Å². The molecule has 0 saturated heterocycles. The van der Waals surface area contributed by atoms with Crippen LogP contribution in [0, 0.1) is 0 Å². The Morgan fingerprint density at radius 3 is 2.62 bits per heavy atom. The van der Waals surface area contributed by atoms with Crippen LogP contribution >= 0.6 is 23.2 Å². The van der Waals surface area contributed by atoms with Crippen molar-refractivity contribution in [2.45, 2.75) is 13.8 Å². The second-order valence-electron chi connectivity index (χ2n) is 5.36. The highest BCUT2D eigenvalue weighted by Gasteiger charge is 2.07. The lowest BCUT2D eigenvalue weighted by atomic mass is 10.1. The number of ether oxygens (including phenoxy) is 1. The molecular weight excluding hydrogens is 377 g/mol. The number of amides is 2. The SMILES string of the molecule is CC(=O)Nc1cccc(/C(C)=N/NC(=O)COc2cc(Cl)ccc2Cl)c1. The van der Waals surface area contributed by atoms with E-state index in [0.717, 1.165) is 5.56 Å². The first-order valence-corrected chi connectivity index (χ1v) is 8.40. The van der Waals surface area contributed by atoms with Gasteiger partial charge in [-0.15, -0.1) is 0 Å². The molecule has 0 aliphatic heterocycles. The van der Waals surface area contributed by atoms with Gasteiger partial charge in [-0.25, -0.2) is 5.43 Å². The van der Waals surface area contributed by atoms with E-state index in [0.29, 0.717) is 27.2 Å². The Morgan fingerprint density at radius 2 is 1.88 bits per heavy atom. The van der Waals surface area contributed by atoms with E-state index in [1.807, 2.05) is 6.07 Å². The fourth-order valence-electron chi connectivity index (χ4n) is 2.00. The number of rotatable bonds is 6. The molecule has 26 heavy (non-hydrogen) atoms. The molecule has 2 aromatic carbocycles. The molecule has 136 valence electrons. The van der Waals surface area contributed by atoms with Gasteiger partial charge < -0.3 is 10.1 Å². The largest absolute Gasteiger partial charge is 0.482 e. The van der Waals surface area contributed by atoms with Gasteiger partial charge in [0.1, 0.15) is 5.75 Å². The molecule has 0 bridgehead atoms. The molecule has 2 aromatic rings. The van der Waals surface area contributed by atoms with Crippen molar-refractivity contribution in [2.75, 3.05) is 11.9 Å². The number of carbonyl (C=O) groups is 2. The molecule has 0 spiro atoms. The Hall–Kier alpha value is -2.57. The van der Waals surface area contributed by atoms with Crippen molar-refractivity contribution in [1.29, 1.82) is 0 Å². The third kappa shape index (κ3) is 6.06. The zero-order valence-corrected chi connectivity index (χ0v) is 15.7. The van der Waals surface area contributed by atoms with Crippen LogP contribution in [-0.2, 0) is 9.59 Å². The summed E-state index contributed by atoms with van der Waals surface area (Å²) in [6, 6.07) is 11.9. The van der Waals surface area contributed by atoms with Crippen LogP contribution in [0.4, 0.5) is 5.69 Å². The van der Waals surface area contributed by atoms with Crippen molar-refractivity contribution >= 4 is 46.4 Å². The van der Waals surface area contributed by atoms with E-state index in [2.05, 4.69) is 15.8 Å². The second kappa shape index (κ2) is 9.22. The van der Waals surface area contributed by atoms with E-state index in [-0.39, 0.29) is 12.5 Å². The van der Waals surface area contributed by atoms with Crippen molar-refractivity contribution in [1.82, 2.24) is 5.43 Å². The third-order valence-corrected chi connectivity index (χ3v) is 3.75. The van der Waals surface area contributed by atoms with Gasteiger partial charge in [-0.2, -0.15) is 5.10 Å². The maximum absolute atomic E-state index is 11.9. The van der Waals surface area contributed by atoms with Crippen LogP contribution in [0.2, 0.25) is 10.0 Å². The number of halogens is 2. The molecule has 2 amide bonds. The number of hydrazone groups is 1. The van der Waals surface area contributed by atoms with Crippen molar-refractivity contribution in [2.24, 2.45) is 5.10 Å². The average Bonchev–Trinajstić information content (AvgIpc) is 2.60. The van der Waals surface area contributed by atoms with Gasteiger partial charge in [-0.05, 0) is 36.8 Å². The lowest BCUT2D eigenvalue weighted by molar-refractivity contribution is -0.123. The van der Waals surface area contributed by atoms with E-state index < -0.39 is 5.91 Å². The molecule has 0 aliphatic carbocycles. The van der Waals surface area contributed by atoms with Gasteiger partial charge >= 0.3 is 0 Å². The molecule has 0 heterocycles. The van der Waals surface area contributed by atoms with Gasteiger partial charge in [0.2, 0.25) is 5.91 Å². The van der Waals surface area contributed by atoms with E-state index in [4.69, 9.17) is 27.9 Å². The maximum atomic E-state index is 11.9. The molecule has 0 radical (unpaired) electrons. The van der Waals surface area contributed by atoms with Gasteiger partial charge in [0.25, 0.3) is 5.91 Å². The monoisotopic (exact) mass is 393 g/mol. The fourth-order valence-corrected chi connectivity index (χ4v) is 2.33. The highest BCUT2D eigenvalue weighted by molar-refractivity contribution is 6.34. The van der Waals surface area contributed by atoms with Crippen molar-refractivity contribution < 1.29 is 14.3 Å². The van der Waals surface area contributed by atoms with Crippen molar-refractivity contribution in [3.05, 3.63) is 58.1 Å². The van der Waals surface area contributed by atoms with Crippen LogP contribution < -0.4 is 15.5 Å². The summed E-state index contributed by atoms with van der Waals surface area (Å²) in [6.45, 7) is 2.91. The first kappa shape index (κ1) is 19.8. The number of nitrogens with zero attached hydrogens (tertiary/aromatic N) is 1. The van der Waals surface area contributed by atoms with Gasteiger partial charge in [0.05, 0.1) is 10.7 Å². The highest BCUT2D eigenvalue weighted by atomic mass is 35.5. The molecule has 0 aromatic heterocycles. The zero-order valence-electron chi connectivity index (χ0n) is 14.2. The number of hydrogen-bond acceptors (Lipinski definition) is 4. The van der Waals surface area contributed by atoms with Crippen LogP contribution in [0.3, 0.4) is 0 Å². The minimum Gasteiger partial charge on any atom is -0.482 e. The molecule has 0 fully saturated rings.